The molecule has 21 heavy (non-hydrogen) atoms. The molecule has 3 N–H and O–H groups in total. The Labute approximate surface area is 131 Å². The summed E-state index contributed by atoms with van der Waals surface area (Å²) in [6, 6.07) is 11.6. The fraction of sp³-hybridized carbons (Fsp3) is 0.188. The van der Waals surface area contributed by atoms with Crippen LogP contribution in [0.15, 0.2) is 46.9 Å². The van der Waals surface area contributed by atoms with Crippen molar-refractivity contribution in [2.45, 2.75) is 19.4 Å². The lowest BCUT2D eigenvalue weighted by molar-refractivity contribution is 0.0941. The first-order valence-electron chi connectivity index (χ1n) is 6.56. The molecule has 2 aromatic rings. The number of halogens is 2. The third-order valence-electron chi connectivity index (χ3n) is 3.09. The zero-order valence-corrected chi connectivity index (χ0v) is 13.2. The number of carbonyl (C=O) groups is 1. The van der Waals surface area contributed by atoms with Crippen LogP contribution in [0.2, 0.25) is 0 Å². The maximum absolute atomic E-state index is 13.0. The van der Waals surface area contributed by atoms with Gasteiger partial charge in [-0.05, 0) is 49.2 Å². The van der Waals surface area contributed by atoms with Crippen LogP contribution in [0, 0.1) is 5.82 Å². The monoisotopic (exact) mass is 350 g/mol. The van der Waals surface area contributed by atoms with Gasteiger partial charge in [-0.2, -0.15) is 0 Å². The molecule has 2 rings (SSSR count). The molecular formula is C16H16BrFN2O. The number of nitrogens with two attached hydrogens (primary N) is 1. The largest absolute Gasteiger partial charge is 0.398 e. The SMILES string of the molecule is CC(Cc1ccc(Br)cc1)NC(=O)c1ccc(F)cc1N. The van der Waals surface area contributed by atoms with E-state index in [0.717, 1.165) is 16.1 Å². The molecule has 1 atom stereocenters. The summed E-state index contributed by atoms with van der Waals surface area (Å²) in [5.41, 5.74) is 7.22. The highest BCUT2D eigenvalue weighted by Crippen LogP contribution is 2.15. The van der Waals surface area contributed by atoms with E-state index in [0.29, 0.717) is 12.0 Å². The third kappa shape index (κ3) is 4.29. The molecule has 0 radical (unpaired) electrons. The van der Waals surface area contributed by atoms with Crippen LogP contribution in [0.25, 0.3) is 0 Å². The maximum Gasteiger partial charge on any atom is 0.253 e. The molecule has 2 aromatic carbocycles. The highest BCUT2D eigenvalue weighted by atomic mass is 79.9. The second-order valence-electron chi connectivity index (χ2n) is 4.94. The molecule has 0 fully saturated rings. The van der Waals surface area contributed by atoms with Gasteiger partial charge in [-0.15, -0.1) is 0 Å². The van der Waals surface area contributed by atoms with Crippen LogP contribution >= 0.6 is 15.9 Å². The summed E-state index contributed by atoms with van der Waals surface area (Å²) in [7, 11) is 0. The standard InChI is InChI=1S/C16H16BrFN2O/c1-10(8-11-2-4-12(17)5-3-11)20-16(21)14-7-6-13(18)9-15(14)19/h2-7,9-10H,8,19H2,1H3,(H,20,21). The smallest absolute Gasteiger partial charge is 0.253 e. The van der Waals surface area contributed by atoms with Crippen molar-refractivity contribution < 1.29 is 9.18 Å². The first-order chi connectivity index (χ1) is 9.95. The van der Waals surface area contributed by atoms with Crippen LogP contribution in [0.5, 0.6) is 0 Å². The molecule has 0 saturated heterocycles. The fourth-order valence-electron chi connectivity index (χ4n) is 2.07. The lowest BCUT2D eigenvalue weighted by Gasteiger charge is -2.15. The van der Waals surface area contributed by atoms with Gasteiger partial charge >= 0.3 is 0 Å². The van der Waals surface area contributed by atoms with Crippen molar-refractivity contribution in [3.8, 4) is 0 Å². The van der Waals surface area contributed by atoms with Gasteiger partial charge in [-0.25, -0.2) is 4.39 Å². The molecule has 0 bridgehead atoms. The van der Waals surface area contributed by atoms with Gasteiger partial charge in [0.15, 0.2) is 0 Å². The number of hydrogen-bond acceptors (Lipinski definition) is 2. The third-order valence-corrected chi connectivity index (χ3v) is 3.62. The van der Waals surface area contributed by atoms with Gasteiger partial charge in [0.05, 0.1) is 5.56 Å². The summed E-state index contributed by atoms with van der Waals surface area (Å²) in [5, 5.41) is 2.87. The van der Waals surface area contributed by atoms with Gasteiger partial charge in [0, 0.05) is 16.2 Å². The minimum Gasteiger partial charge on any atom is -0.398 e. The lowest BCUT2D eigenvalue weighted by atomic mass is 10.1. The normalized spacial score (nSPS) is 12.0. The van der Waals surface area contributed by atoms with Crippen molar-refractivity contribution in [1.29, 1.82) is 0 Å². The van der Waals surface area contributed by atoms with E-state index in [1.54, 1.807) is 0 Å². The van der Waals surface area contributed by atoms with E-state index in [1.807, 2.05) is 31.2 Å². The van der Waals surface area contributed by atoms with Crippen molar-refractivity contribution >= 4 is 27.5 Å². The number of amides is 1. The van der Waals surface area contributed by atoms with Crippen LogP contribution in [-0.4, -0.2) is 11.9 Å². The van der Waals surface area contributed by atoms with Crippen molar-refractivity contribution in [2.75, 3.05) is 5.73 Å². The molecular weight excluding hydrogens is 335 g/mol. The Morgan fingerprint density at radius 1 is 1.29 bits per heavy atom. The minimum atomic E-state index is -0.452. The summed E-state index contributed by atoms with van der Waals surface area (Å²) in [6.07, 6.45) is 0.708. The van der Waals surface area contributed by atoms with Crippen LogP contribution in [0.3, 0.4) is 0 Å². The van der Waals surface area contributed by atoms with Gasteiger partial charge in [0.1, 0.15) is 5.82 Å². The van der Waals surface area contributed by atoms with Crippen LogP contribution in [-0.2, 0) is 6.42 Å². The Bertz CT molecular complexity index is 643. The highest BCUT2D eigenvalue weighted by Gasteiger charge is 2.13. The van der Waals surface area contributed by atoms with E-state index >= 15 is 0 Å². The van der Waals surface area contributed by atoms with Crippen molar-refractivity contribution in [3.05, 3.63) is 63.9 Å². The highest BCUT2D eigenvalue weighted by molar-refractivity contribution is 9.10. The van der Waals surface area contributed by atoms with E-state index in [1.165, 1.54) is 12.1 Å². The molecule has 0 spiro atoms. The number of hydrogen-bond donors (Lipinski definition) is 2. The fourth-order valence-corrected chi connectivity index (χ4v) is 2.33. The molecule has 0 heterocycles. The Balaban J connectivity index is 2.00. The van der Waals surface area contributed by atoms with E-state index in [-0.39, 0.29) is 17.6 Å². The summed E-state index contributed by atoms with van der Waals surface area (Å²) >= 11 is 3.38. The predicted molar refractivity (Wildman–Crippen MR) is 85.6 cm³/mol. The average Bonchev–Trinajstić information content (AvgIpc) is 2.41. The van der Waals surface area contributed by atoms with E-state index in [9.17, 15) is 9.18 Å². The van der Waals surface area contributed by atoms with E-state index < -0.39 is 5.82 Å². The first kappa shape index (κ1) is 15.5. The van der Waals surface area contributed by atoms with E-state index in [2.05, 4.69) is 21.2 Å². The molecule has 1 amide bonds. The summed E-state index contributed by atoms with van der Waals surface area (Å²) in [6.45, 7) is 1.92. The summed E-state index contributed by atoms with van der Waals surface area (Å²) in [4.78, 5) is 12.1. The summed E-state index contributed by atoms with van der Waals surface area (Å²) < 4.78 is 14.0. The zero-order valence-electron chi connectivity index (χ0n) is 11.6. The van der Waals surface area contributed by atoms with Gasteiger partial charge in [0.2, 0.25) is 0 Å². The molecule has 0 aromatic heterocycles. The number of carbonyl (C=O) groups excluding carboxylic acids is 1. The van der Waals surface area contributed by atoms with Gasteiger partial charge in [-0.1, -0.05) is 28.1 Å². The molecule has 3 nitrogen and oxygen atoms in total. The molecule has 0 saturated carbocycles. The van der Waals surface area contributed by atoms with Crippen molar-refractivity contribution in [3.63, 3.8) is 0 Å². The topological polar surface area (TPSA) is 55.1 Å². The Kier molecular flexibility index (Phi) is 4.96. The number of benzene rings is 2. The Hall–Kier alpha value is -1.88. The average molecular weight is 351 g/mol. The molecule has 0 aliphatic rings. The van der Waals surface area contributed by atoms with Crippen LogP contribution < -0.4 is 11.1 Å². The second-order valence-corrected chi connectivity index (χ2v) is 5.85. The number of rotatable bonds is 4. The molecule has 110 valence electrons. The quantitative estimate of drug-likeness (QED) is 0.828. The lowest BCUT2D eigenvalue weighted by Crippen LogP contribution is -2.34. The molecule has 5 heteroatoms. The predicted octanol–water partition coefficient (Wildman–Crippen LogP) is 3.53. The number of nitrogen functional groups attached to an aromatic ring is 1. The van der Waals surface area contributed by atoms with Gasteiger partial charge in [0.25, 0.3) is 5.91 Å². The Morgan fingerprint density at radius 3 is 2.57 bits per heavy atom. The molecule has 0 aliphatic carbocycles. The zero-order chi connectivity index (χ0) is 15.4. The minimum absolute atomic E-state index is 0.0527. The van der Waals surface area contributed by atoms with Gasteiger partial charge < -0.3 is 11.1 Å². The van der Waals surface area contributed by atoms with Gasteiger partial charge in [-0.3, -0.25) is 4.79 Å². The van der Waals surface area contributed by atoms with E-state index in [4.69, 9.17) is 5.73 Å². The Morgan fingerprint density at radius 2 is 1.95 bits per heavy atom. The maximum atomic E-state index is 13.0. The van der Waals surface area contributed by atoms with Crippen molar-refractivity contribution in [2.24, 2.45) is 0 Å². The first-order valence-corrected chi connectivity index (χ1v) is 7.35. The second kappa shape index (κ2) is 6.72. The summed E-state index contributed by atoms with van der Waals surface area (Å²) in [5.74, 6) is -0.746. The molecule has 0 aliphatic heterocycles. The van der Waals surface area contributed by atoms with Crippen molar-refractivity contribution in [1.82, 2.24) is 5.32 Å². The molecule has 1 unspecified atom stereocenters. The van der Waals surface area contributed by atoms with Crippen LogP contribution in [0.1, 0.15) is 22.8 Å². The number of anilines is 1. The van der Waals surface area contributed by atoms with Crippen LogP contribution in [0.4, 0.5) is 10.1 Å². The number of nitrogens with one attached hydrogen (secondary N) is 1.